The molecule has 0 aromatic heterocycles. The molecule has 1 unspecified atom stereocenters. The van der Waals surface area contributed by atoms with Gasteiger partial charge in [0.1, 0.15) is 0 Å². The fourth-order valence-electron chi connectivity index (χ4n) is 4.81. The van der Waals surface area contributed by atoms with Crippen LogP contribution < -0.4 is 5.32 Å². The highest BCUT2D eigenvalue weighted by Crippen LogP contribution is 2.49. The maximum Gasteiger partial charge on any atom is 0.241 e. The summed E-state index contributed by atoms with van der Waals surface area (Å²) in [5.41, 5.74) is 3.14. The first kappa shape index (κ1) is 26.9. The van der Waals surface area contributed by atoms with E-state index in [0.29, 0.717) is 17.8 Å². The second-order valence-electron chi connectivity index (χ2n) is 9.83. The fourth-order valence-corrected chi connectivity index (χ4v) is 8.11. The van der Waals surface area contributed by atoms with E-state index in [1.54, 1.807) is 0 Å². The Morgan fingerprint density at radius 3 is 2.79 bits per heavy atom. The molecule has 2 heterocycles. The number of likely N-dealkylation sites (tertiary alicyclic amines) is 1. The molecule has 0 radical (unpaired) electrons. The lowest BCUT2D eigenvalue weighted by molar-refractivity contribution is -0.123. The summed E-state index contributed by atoms with van der Waals surface area (Å²) in [6.07, 6.45) is 8.65. The Balaban J connectivity index is 1.34. The summed E-state index contributed by atoms with van der Waals surface area (Å²) in [6, 6.07) is 6.01. The molecule has 1 aromatic carbocycles. The van der Waals surface area contributed by atoms with Crippen LogP contribution in [0.5, 0.6) is 0 Å². The molecule has 2 fully saturated rings. The summed E-state index contributed by atoms with van der Waals surface area (Å²) in [5.74, 6) is 1.36. The minimum Gasteiger partial charge on any atom is -0.368 e. The van der Waals surface area contributed by atoms with Gasteiger partial charge in [-0.2, -0.15) is 0 Å². The molecule has 5 nitrogen and oxygen atoms in total. The number of carbonyl (C=O) groups excluding carboxylic acids is 1. The number of hydrogen-bond donors (Lipinski definition) is 2. The van der Waals surface area contributed by atoms with Crippen molar-refractivity contribution in [3.05, 3.63) is 29.3 Å². The topological polar surface area (TPSA) is 61.8 Å². The first-order valence-electron chi connectivity index (χ1n) is 12.6. The number of nitrogens with one attached hydrogen (secondary N) is 1. The quantitative estimate of drug-likeness (QED) is 0.213. The Kier molecular flexibility index (Phi) is 10.9. The zero-order valence-corrected chi connectivity index (χ0v) is 22.2. The van der Waals surface area contributed by atoms with Gasteiger partial charge in [0.2, 0.25) is 5.91 Å². The van der Waals surface area contributed by atoms with Crippen LogP contribution >= 0.6 is 21.6 Å². The number of piperidine rings is 1. The van der Waals surface area contributed by atoms with Crippen LogP contribution in [0.1, 0.15) is 75.8 Å². The normalized spacial score (nSPS) is 24.7. The lowest BCUT2D eigenvalue weighted by Gasteiger charge is -2.35. The number of amides is 1. The first-order valence-corrected chi connectivity index (χ1v) is 14.9. The van der Waals surface area contributed by atoms with Crippen molar-refractivity contribution in [2.45, 2.75) is 95.6 Å². The van der Waals surface area contributed by atoms with E-state index in [9.17, 15) is 9.90 Å². The van der Waals surface area contributed by atoms with E-state index in [2.05, 4.69) is 17.1 Å². The smallest absolute Gasteiger partial charge is 0.241 e. The number of aliphatic hydroxyl groups is 1. The number of ether oxygens (including phenoxy) is 1. The highest BCUT2D eigenvalue weighted by molar-refractivity contribution is 8.77. The standard InChI is InChI=1S/C26H42N2O3S2/c1-20-10-8-11-21(2)24(20)27-25(30)22-12-5-7-16-28(22)17-9-18-31-23(29)13-4-6-14-26(3)15-19-32-33-26/h8,10-11,22-23,29H,4-7,9,12-19H2,1-3H3,(H,27,30)/t22?,23-,26-/m1/s1. The van der Waals surface area contributed by atoms with Crippen molar-refractivity contribution in [3.8, 4) is 0 Å². The van der Waals surface area contributed by atoms with E-state index >= 15 is 0 Å². The zero-order valence-electron chi connectivity index (χ0n) is 20.6. The van der Waals surface area contributed by atoms with Crippen LogP contribution in [0.15, 0.2) is 18.2 Å². The van der Waals surface area contributed by atoms with Crippen LogP contribution in [0, 0.1) is 13.8 Å². The van der Waals surface area contributed by atoms with E-state index in [4.69, 9.17) is 4.74 Å². The highest BCUT2D eigenvalue weighted by atomic mass is 33.1. The number of aryl methyl sites for hydroxylation is 2. The summed E-state index contributed by atoms with van der Waals surface area (Å²) < 4.78 is 6.09. The predicted octanol–water partition coefficient (Wildman–Crippen LogP) is 5.93. The van der Waals surface area contributed by atoms with E-state index < -0.39 is 6.29 Å². The van der Waals surface area contributed by atoms with E-state index in [1.165, 1.54) is 18.6 Å². The minimum absolute atomic E-state index is 0.0873. The van der Waals surface area contributed by atoms with Crippen molar-refractivity contribution >= 4 is 33.2 Å². The Bertz CT molecular complexity index is 735. The largest absolute Gasteiger partial charge is 0.368 e. The van der Waals surface area contributed by atoms with Crippen molar-refractivity contribution in [2.75, 3.05) is 30.8 Å². The number of anilines is 1. The third-order valence-electron chi connectivity index (χ3n) is 6.93. The van der Waals surface area contributed by atoms with Crippen molar-refractivity contribution in [2.24, 2.45) is 0 Å². The van der Waals surface area contributed by atoms with Crippen LogP contribution in [-0.2, 0) is 9.53 Å². The van der Waals surface area contributed by atoms with Gasteiger partial charge in [-0.1, -0.05) is 52.6 Å². The van der Waals surface area contributed by atoms with Gasteiger partial charge in [0, 0.05) is 22.7 Å². The molecule has 1 amide bonds. The third kappa shape index (κ3) is 8.46. The Morgan fingerprint density at radius 1 is 1.27 bits per heavy atom. The van der Waals surface area contributed by atoms with Gasteiger partial charge in [-0.05, 0) is 83.4 Å². The summed E-state index contributed by atoms with van der Waals surface area (Å²) in [5, 5.41) is 13.4. The van der Waals surface area contributed by atoms with Gasteiger partial charge in [0.15, 0.2) is 6.29 Å². The number of hydrogen-bond acceptors (Lipinski definition) is 6. The molecule has 2 saturated heterocycles. The zero-order chi connectivity index (χ0) is 23.7. The van der Waals surface area contributed by atoms with E-state index in [1.807, 2.05) is 53.6 Å². The SMILES string of the molecule is Cc1cccc(C)c1NC(=O)C1CCCCN1CCCO[C@@H](O)CCCC[C@]1(C)CCSS1. The van der Waals surface area contributed by atoms with Gasteiger partial charge in [-0.3, -0.25) is 9.69 Å². The third-order valence-corrected chi connectivity index (χ3v) is 10.3. The summed E-state index contributed by atoms with van der Waals surface area (Å²) >= 11 is 0. The van der Waals surface area contributed by atoms with Gasteiger partial charge in [-0.25, -0.2) is 0 Å². The van der Waals surface area contributed by atoms with Gasteiger partial charge in [-0.15, -0.1) is 0 Å². The van der Waals surface area contributed by atoms with Crippen molar-refractivity contribution in [1.82, 2.24) is 4.90 Å². The van der Waals surface area contributed by atoms with Gasteiger partial charge in [0.05, 0.1) is 12.6 Å². The molecule has 2 N–H and O–H groups in total. The Morgan fingerprint density at radius 2 is 2.06 bits per heavy atom. The first-order chi connectivity index (χ1) is 15.9. The maximum atomic E-state index is 13.1. The average molecular weight is 495 g/mol. The van der Waals surface area contributed by atoms with E-state index in [0.717, 1.165) is 68.4 Å². The minimum atomic E-state index is -0.673. The molecule has 0 spiro atoms. The number of nitrogens with zero attached hydrogens (tertiary/aromatic N) is 1. The molecular weight excluding hydrogens is 452 g/mol. The Labute approximate surface area is 208 Å². The van der Waals surface area contributed by atoms with Gasteiger partial charge in [0.25, 0.3) is 0 Å². The molecule has 1 aromatic rings. The lowest BCUT2D eigenvalue weighted by Crippen LogP contribution is -2.47. The number of rotatable bonds is 12. The monoisotopic (exact) mass is 494 g/mol. The second-order valence-corrected chi connectivity index (χ2v) is 12.8. The van der Waals surface area contributed by atoms with Crippen LogP contribution in [0.4, 0.5) is 5.69 Å². The molecule has 3 atom stereocenters. The number of unbranched alkanes of at least 4 members (excludes halogenated alkanes) is 1. The summed E-state index contributed by atoms with van der Waals surface area (Å²) in [6.45, 7) is 8.75. The number of benzene rings is 1. The number of para-hydroxylation sites is 1. The Hall–Kier alpha value is -0.730. The summed E-state index contributed by atoms with van der Waals surface area (Å²) in [7, 11) is 4.01. The van der Waals surface area contributed by atoms with Crippen LogP contribution in [0.25, 0.3) is 0 Å². The molecule has 3 rings (SSSR count). The molecule has 2 aliphatic heterocycles. The lowest BCUT2D eigenvalue weighted by atomic mass is 9.99. The molecule has 0 saturated carbocycles. The highest BCUT2D eigenvalue weighted by Gasteiger charge is 2.30. The fraction of sp³-hybridized carbons (Fsp3) is 0.731. The van der Waals surface area contributed by atoms with Crippen LogP contribution in [-0.4, -0.2) is 58.4 Å². The van der Waals surface area contributed by atoms with Crippen molar-refractivity contribution in [1.29, 1.82) is 0 Å². The molecule has 0 bridgehead atoms. The summed E-state index contributed by atoms with van der Waals surface area (Å²) in [4.78, 5) is 15.4. The molecular formula is C26H42N2O3S2. The van der Waals surface area contributed by atoms with Gasteiger partial charge < -0.3 is 15.2 Å². The number of aliphatic hydroxyl groups excluding tert-OH is 1. The molecule has 0 aliphatic carbocycles. The molecule has 7 heteroatoms. The maximum absolute atomic E-state index is 13.1. The molecule has 33 heavy (non-hydrogen) atoms. The average Bonchev–Trinajstić information content (AvgIpc) is 3.23. The second kappa shape index (κ2) is 13.4. The number of carbonyl (C=O) groups is 1. The van der Waals surface area contributed by atoms with E-state index in [-0.39, 0.29) is 11.9 Å². The van der Waals surface area contributed by atoms with Crippen molar-refractivity contribution in [3.63, 3.8) is 0 Å². The predicted molar refractivity (Wildman–Crippen MR) is 142 cm³/mol. The van der Waals surface area contributed by atoms with Crippen molar-refractivity contribution < 1.29 is 14.6 Å². The van der Waals surface area contributed by atoms with Gasteiger partial charge >= 0.3 is 0 Å². The molecule has 186 valence electrons. The van der Waals surface area contributed by atoms with Crippen LogP contribution in [0.2, 0.25) is 0 Å². The van der Waals surface area contributed by atoms with Crippen LogP contribution in [0.3, 0.4) is 0 Å². The molecule has 2 aliphatic rings.